The van der Waals surface area contributed by atoms with Gasteiger partial charge in [0.25, 0.3) is 0 Å². The van der Waals surface area contributed by atoms with Crippen LogP contribution in [0.3, 0.4) is 0 Å². The molecule has 0 saturated heterocycles. The van der Waals surface area contributed by atoms with Gasteiger partial charge >= 0.3 is 5.97 Å². The van der Waals surface area contributed by atoms with E-state index >= 15 is 0 Å². The van der Waals surface area contributed by atoms with E-state index in [1.54, 1.807) is 0 Å². The molecule has 5 heteroatoms. The summed E-state index contributed by atoms with van der Waals surface area (Å²) in [5.41, 5.74) is 1.70. The molecule has 4 nitrogen and oxygen atoms in total. The van der Waals surface area contributed by atoms with Crippen LogP contribution in [0.15, 0.2) is 34.9 Å². The van der Waals surface area contributed by atoms with Crippen LogP contribution in [0.5, 0.6) is 0 Å². The lowest BCUT2D eigenvalue weighted by Gasteiger charge is -2.00. The van der Waals surface area contributed by atoms with E-state index in [9.17, 15) is 4.79 Å². The fourth-order valence-corrected chi connectivity index (χ4v) is 1.90. The third-order valence-corrected chi connectivity index (χ3v) is 2.83. The summed E-state index contributed by atoms with van der Waals surface area (Å²) in [5, 5.41) is 4.33. The first kappa shape index (κ1) is 11.9. The second-order valence-electron chi connectivity index (χ2n) is 3.32. The average Bonchev–Trinajstić information content (AvgIpc) is 2.82. The van der Waals surface area contributed by atoms with Crippen molar-refractivity contribution < 1.29 is 14.1 Å². The van der Waals surface area contributed by atoms with Crippen LogP contribution in [0, 0.1) is 0 Å². The van der Waals surface area contributed by atoms with Crippen LogP contribution in [-0.2, 0) is 10.1 Å². The fraction of sp³-hybridized carbons (Fsp3) is 0.167. The third kappa shape index (κ3) is 2.24. The van der Waals surface area contributed by atoms with Gasteiger partial charge in [0.05, 0.1) is 12.4 Å². The highest BCUT2D eigenvalue weighted by Crippen LogP contribution is 2.27. The van der Waals surface area contributed by atoms with Crippen molar-refractivity contribution in [3.63, 3.8) is 0 Å². The van der Waals surface area contributed by atoms with E-state index in [1.165, 1.54) is 7.11 Å². The van der Waals surface area contributed by atoms with E-state index in [0.29, 0.717) is 22.3 Å². The molecule has 1 aromatic carbocycles. The molecule has 0 spiro atoms. The van der Waals surface area contributed by atoms with Crippen LogP contribution < -0.4 is 0 Å². The molecular formula is C12H10BrNO3. The summed E-state index contributed by atoms with van der Waals surface area (Å²) in [7, 11) is 1.34. The molecule has 0 amide bonds. The van der Waals surface area contributed by atoms with Gasteiger partial charge in [-0.15, -0.1) is 0 Å². The van der Waals surface area contributed by atoms with Crippen molar-refractivity contribution in [3.05, 3.63) is 41.7 Å². The van der Waals surface area contributed by atoms with Gasteiger partial charge in [-0.3, -0.25) is 0 Å². The number of carbonyl (C=O) groups is 1. The molecule has 2 rings (SSSR count). The van der Waals surface area contributed by atoms with Gasteiger partial charge in [-0.2, -0.15) is 0 Å². The highest BCUT2D eigenvalue weighted by atomic mass is 79.9. The van der Waals surface area contributed by atoms with Gasteiger partial charge in [-0.1, -0.05) is 51.4 Å². The Morgan fingerprint density at radius 1 is 1.41 bits per heavy atom. The van der Waals surface area contributed by atoms with Crippen molar-refractivity contribution >= 4 is 21.9 Å². The topological polar surface area (TPSA) is 52.3 Å². The molecule has 1 aromatic heterocycles. The molecule has 88 valence electrons. The molecule has 0 N–H and O–H groups in total. The first-order valence-corrected chi connectivity index (χ1v) is 6.08. The zero-order chi connectivity index (χ0) is 12.3. The number of alkyl halides is 1. The minimum absolute atomic E-state index is 0.371. The van der Waals surface area contributed by atoms with Crippen molar-refractivity contribution in [2.75, 3.05) is 7.11 Å². The summed E-state index contributed by atoms with van der Waals surface area (Å²) in [6.07, 6.45) is 0. The van der Waals surface area contributed by atoms with Crippen LogP contribution in [0.25, 0.3) is 11.3 Å². The Bertz CT molecular complexity index is 522. The first-order chi connectivity index (χ1) is 8.27. The second kappa shape index (κ2) is 5.14. The lowest BCUT2D eigenvalue weighted by Crippen LogP contribution is -2.04. The third-order valence-electron chi connectivity index (χ3n) is 2.32. The molecule has 0 radical (unpaired) electrons. The van der Waals surface area contributed by atoms with Crippen LogP contribution in [0.4, 0.5) is 0 Å². The van der Waals surface area contributed by atoms with Crippen LogP contribution in [-0.4, -0.2) is 18.2 Å². The lowest BCUT2D eigenvalue weighted by molar-refractivity contribution is 0.0599. The number of esters is 1. The minimum Gasteiger partial charge on any atom is -0.465 e. The second-order valence-corrected chi connectivity index (χ2v) is 3.88. The van der Waals surface area contributed by atoms with Crippen molar-refractivity contribution in [3.8, 4) is 11.3 Å². The minimum atomic E-state index is -0.445. The van der Waals surface area contributed by atoms with Crippen LogP contribution in [0.1, 0.15) is 16.1 Å². The van der Waals surface area contributed by atoms with Crippen LogP contribution in [0.2, 0.25) is 0 Å². The number of aromatic nitrogens is 1. The number of methoxy groups -OCH3 is 1. The molecule has 0 bridgehead atoms. The van der Waals surface area contributed by atoms with Crippen LogP contribution >= 0.6 is 15.9 Å². The van der Waals surface area contributed by atoms with E-state index in [1.807, 2.05) is 30.3 Å². The molecule has 0 atom stereocenters. The number of rotatable bonds is 3. The summed E-state index contributed by atoms with van der Waals surface area (Å²) in [5.74, 6) is 0.0234. The number of carbonyl (C=O) groups excluding carboxylic acids is 1. The van der Waals surface area contributed by atoms with Gasteiger partial charge in [-0.05, 0) is 0 Å². The number of benzene rings is 1. The molecule has 17 heavy (non-hydrogen) atoms. The lowest BCUT2D eigenvalue weighted by atomic mass is 10.1. The maximum absolute atomic E-state index is 11.7. The van der Waals surface area contributed by atoms with Crippen molar-refractivity contribution in [2.45, 2.75) is 5.33 Å². The quantitative estimate of drug-likeness (QED) is 0.645. The Balaban J connectivity index is 2.55. The number of halogens is 1. The molecule has 0 unspecified atom stereocenters. The number of hydrogen-bond donors (Lipinski definition) is 0. The summed E-state index contributed by atoms with van der Waals surface area (Å²) in [6, 6.07) is 9.37. The first-order valence-electron chi connectivity index (χ1n) is 4.96. The summed E-state index contributed by atoms with van der Waals surface area (Å²) in [6.45, 7) is 0. The molecule has 1 heterocycles. The van der Waals surface area contributed by atoms with Gasteiger partial charge in [0, 0.05) is 5.56 Å². The Morgan fingerprint density at radius 2 is 2.12 bits per heavy atom. The van der Waals surface area contributed by atoms with E-state index in [-0.39, 0.29) is 0 Å². The van der Waals surface area contributed by atoms with Crippen molar-refractivity contribution in [1.82, 2.24) is 5.16 Å². The van der Waals surface area contributed by atoms with Crippen molar-refractivity contribution in [1.29, 1.82) is 0 Å². The maximum atomic E-state index is 11.7. The van der Waals surface area contributed by atoms with Gasteiger partial charge in [0.15, 0.2) is 5.76 Å². The number of nitrogens with zero attached hydrogens (tertiary/aromatic N) is 1. The predicted octanol–water partition coefficient (Wildman–Crippen LogP) is 3.02. The molecule has 0 fully saturated rings. The molecule has 0 saturated carbocycles. The van der Waals surface area contributed by atoms with E-state index in [2.05, 4.69) is 21.1 Å². The summed E-state index contributed by atoms with van der Waals surface area (Å²) in [4.78, 5) is 11.7. The Kier molecular flexibility index (Phi) is 3.58. The number of hydrogen-bond acceptors (Lipinski definition) is 4. The normalized spacial score (nSPS) is 10.2. The standard InChI is InChI=1S/C12H10BrNO3/c1-16-12(15)10-9(7-13)17-14-11(10)8-5-3-2-4-6-8/h2-6H,7H2,1H3. The summed E-state index contributed by atoms with van der Waals surface area (Å²) < 4.78 is 9.86. The number of ether oxygens (including phenoxy) is 1. The van der Waals surface area contributed by atoms with Gasteiger partial charge < -0.3 is 9.26 Å². The Labute approximate surface area is 107 Å². The zero-order valence-corrected chi connectivity index (χ0v) is 10.7. The Hall–Kier alpha value is -1.62. The Morgan fingerprint density at radius 3 is 2.71 bits per heavy atom. The smallest absolute Gasteiger partial charge is 0.343 e. The van der Waals surface area contributed by atoms with E-state index in [4.69, 9.17) is 9.26 Å². The highest BCUT2D eigenvalue weighted by Gasteiger charge is 2.23. The molecular weight excluding hydrogens is 286 g/mol. The fourth-order valence-electron chi connectivity index (χ4n) is 1.52. The van der Waals surface area contributed by atoms with Gasteiger partial charge in [-0.25, -0.2) is 4.79 Å². The van der Waals surface area contributed by atoms with E-state index < -0.39 is 5.97 Å². The largest absolute Gasteiger partial charge is 0.465 e. The molecule has 0 aliphatic rings. The predicted molar refractivity (Wildman–Crippen MR) is 65.9 cm³/mol. The van der Waals surface area contributed by atoms with E-state index in [0.717, 1.165) is 5.56 Å². The van der Waals surface area contributed by atoms with Gasteiger partial charge in [0.2, 0.25) is 0 Å². The highest BCUT2D eigenvalue weighted by molar-refractivity contribution is 9.08. The van der Waals surface area contributed by atoms with Gasteiger partial charge in [0.1, 0.15) is 11.3 Å². The summed E-state index contributed by atoms with van der Waals surface area (Å²) >= 11 is 3.25. The van der Waals surface area contributed by atoms with Crippen molar-refractivity contribution in [2.24, 2.45) is 0 Å². The zero-order valence-electron chi connectivity index (χ0n) is 9.14. The molecule has 0 aliphatic heterocycles. The average molecular weight is 296 g/mol. The molecule has 2 aromatic rings. The SMILES string of the molecule is COC(=O)c1c(-c2ccccc2)noc1CBr. The molecule has 0 aliphatic carbocycles. The monoisotopic (exact) mass is 295 g/mol. The maximum Gasteiger partial charge on any atom is 0.343 e.